The van der Waals surface area contributed by atoms with E-state index in [-0.39, 0.29) is 30.4 Å². The molecule has 128 valence electrons. The van der Waals surface area contributed by atoms with Crippen molar-refractivity contribution in [1.82, 2.24) is 5.32 Å². The summed E-state index contributed by atoms with van der Waals surface area (Å²) < 4.78 is 0. The lowest BCUT2D eigenvalue weighted by atomic mass is 10.1. The number of benzene rings is 1. The second kappa shape index (κ2) is 8.52. The van der Waals surface area contributed by atoms with Crippen molar-refractivity contribution >= 4 is 40.7 Å². The summed E-state index contributed by atoms with van der Waals surface area (Å²) in [6, 6.07) is 4.88. The molecule has 23 heavy (non-hydrogen) atoms. The van der Waals surface area contributed by atoms with Gasteiger partial charge >= 0.3 is 0 Å². The van der Waals surface area contributed by atoms with Crippen molar-refractivity contribution in [3.63, 3.8) is 0 Å². The minimum atomic E-state index is -0.285. The Labute approximate surface area is 147 Å². The van der Waals surface area contributed by atoms with Crippen LogP contribution in [0.4, 0.5) is 5.69 Å². The summed E-state index contributed by atoms with van der Waals surface area (Å²) in [7, 11) is 0. The highest BCUT2D eigenvalue weighted by molar-refractivity contribution is 6.35. The van der Waals surface area contributed by atoms with Crippen LogP contribution in [0.2, 0.25) is 10.0 Å². The number of hydrogen-bond donors (Lipinski definition) is 3. The van der Waals surface area contributed by atoms with Gasteiger partial charge < -0.3 is 15.5 Å². The van der Waals surface area contributed by atoms with Crippen molar-refractivity contribution in [2.75, 3.05) is 25.0 Å². The van der Waals surface area contributed by atoms with Crippen molar-refractivity contribution in [2.24, 2.45) is 0 Å². The molecule has 0 aromatic heterocycles. The number of amides is 2. The summed E-state index contributed by atoms with van der Waals surface area (Å²) in [5.41, 5.74) is 0.186. The van der Waals surface area contributed by atoms with Gasteiger partial charge in [0.2, 0.25) is 0 Å². The third-order valence-corrected chi connectivity index (χ3v) is 3.60. The predicted octanol–water partition coefficient (Wildman–Crippen LogP) is 1.75. The SMILES string of the molecule is CC[NH+](CC(=O)Nc1cc(Cl)ccc1Cl)CC(=O)NC(C)(C)C. The molecule has 1 aromatic carbocycles. The van der Waals surface area contributed by atoms with Crippen molar-refractivity contribution in [3.05, 3.63) is 28.2 Å². The summed E-state index contributed by atoms with van der Waals surface area (Å²) in [6.45, 7) is 8.77. The molecule has 3 N–H and O–H groups in total. The maximum Gasteiger partial charge on any atom is 0.279 e. The first-order valence-electron chi connectivity index (χ1n) is 7.50. The number of carbonyl (C=O) groups excluding carboxylic acids is 2. The van der Waals surface area contributed by atoms with Crippen LogP contribution in [-0.4, -0.2) is 37.0 Å². The second-order valence-corrected chi connectivity index (χ2v) is 7.27. The lowest BCUT2D eigenvalue weighted by Crippen LogP contribution is -3.14. The molecule has 1 aromatic rings. The van der Waals surface area contributed by atoms with E-state index in [1.165, 1.54) is 0 Å². The fourth-order valence-electron chi connectivity index (χ4n) is 2.02. The molecule has 1 rings (SSSR count). The number of quaternary nitrogens is 1. The minimum absolute atomic E-state index is 0.0806. The highest BCUT2D eigenvalue weighted by Crippen LogP contribution is 2.25. The number of nitrogens with one attached hydrogen (secondary N) is 3. The van der Waals surface area contributed by atoms with Crippen LogP contribution in [0, 0.1) is 0 Å². The monoisotopic (exact) mass is 360 g/mol. The number of rotatable bonds is 6. The quantitative estimate of drug-likeness (QED) is 0.723. The molecule has 0 aliphatic rings. The lowest BCUT2D eigenvalue weighted by Gasteiger charge is -2.23. The van der Waals surface area contributed by atoms with E-state index in [2.05, 4.69) is 10.6 Å². The number of carbonyl (C=O) groups is 2. The Morgan fingerprint density at radius 1 is 1.13 bits per heavy atom. The first-order chi connectivity index (χ1) is 10.6. The Morgan fingerprint density at radius 3 is 2.30 bits per heavy atom. The van der Waals surface area contributed by atoms with Crippen molar-refractivity contribution in [1.29, 1.82) is 0 Å². The first-order valence-corrected chi connectivity index (χ1v) is 8.26. The number of halogens is 2. The highest BCUT2D eigenvalue weighted by atomic mass is 35.5. The largest absolute Gasteiger partial charge is 0.347 e. The maximum atomic E-state index is 12.1. The Hall–Kier alpha value is -1.30. The number of likely N-dealkylation sites (N-methyl/N-ethyl adjacent to an activating group) is 1. The molecule has 0 heterocycles. The molecule has 0 radical (unpaired) electrons. The van der Waals surface area contributed by atoms with Crippen LogP contribution in [-0.2, 0) is 9.59 Å². The van der Waals surface area contributed by atoms with E-state index in [1.807, 2.05) is 27.7 Å². The summed E-state index contributed by atoms with van der Waals surface area (Å²) in [6.07, 6.45) is 0. The van der Waals surface area contributed by atoms with Crippen molar-refractivity contribution in [3.8, 4) is 0 Å². The molecule has 7 heteroatoms. The summed E-state index contributed by atoms with van der Waals surface area (Å²) in [5.74, 6) is -0.294. The number of hydrogen-bond acceptors (Lipinski definition) is 2. The molecule has 1 atom stereocenters. The van der Waals surface area contributed by atoms with Gasteiger partial charge in [-0.3, -0.25) is 9.59 Å². The molecule has 2 amide bonds. The zero-order valence-electron chi connectivity index (χ0n) is 13.9. The van der Waals surface area contributed by atoms with Gasteiger partial charge in [0.25, 0.3) is 11.8 Å². The molecule has 0 bridgehead atoms. The van der Waals surface area contributed by atoms with Crippen LogP contribution in [0.3, 0.4) is 0 Å². The molecule has 0 saturated heterocycles. The van der Waals surface area contributed by atoms with Gasteiger partial charge in [0, 0.05) is 10.6 Å². The third-order valence-electron chi connectivity index (χ3n) is 3.04. The lowest BCUT2D eigenvalue weighted by molar-refractivity contribution is -0.881. The van der Waals surface area contributed by atoms with E-state index in [0.29, 0.717) is 22.3 Å². The topological polar surface area (TPSA) is 62.6 Å². The molecule has 0 aliphatic heterocycles. The van der Waals surface area contributed by atoms with Crippen LogP contribution >= 0.6 is 23.2 Å². The first kappa shape index (κ1) is 19.7. The van der Waals surface area contributed by atoms with Crippen molar-refractivity contribution < 1.29 is 14.5 Å². The Kier molecular flexibility index (Phi) is 7.32. The van der Waals surface area contributed by atoms with Gasteiger partial charge in [0.1, 0.15) is 0 Å². The molecule has 0 spiro atoms. The summed E-state index contributed by atoms with van der Waals surface area (Å²) in [4.78, 5) is 25.0. The van der Waals surface area contributed by atoms with Crippen molar-refractivity contribution in [2.45, 2.75) is 33.2 Å². The van der Waals surface area contributed by atoms with Gasteiger partial charge in [0.05, 0.1) is 17.3 Å². The van der Waals surface area contributed by atoms with Crippen LogP contribution in [0.1, 0.15) is 27.7 Å². The van der Waals surface area contributed by atoms with E-state index >= 15 is 0 Å². The highest BCUT2D eigenvalue weighted by Gasteiger charge is 2.20. The van der Waals surface area contributed by atoms with Crippen LogP contribution in [0.15, 0.2) is 18.2 Å². The van der Waals surface area contributed by atoms with Crippen LogP contribution < -0.4 is 15.5 Å². The fraction of sp³-hybridized carbons (Fsp3) is 0.500. The van der Waals surface area contributed by atoms with E-state index in [0.717, 1.165) is 4.90 Å². The van der Waals surface area contributed by atoms with Gasteiger partial charge in [0.15, 0.2) is 13.1 Å². The molecular formula is C16H24Cl2N3O2+. The standard InChI is InChI=1S/C16H23Cl2N3O2/c1-5-21(10-15(23)20-16(2,3)4)9-14(22)19-13-8-11(17)6-7-12(13)18/h6-8H,5,9-10H2,1-4H3,(H,19,22)(H,20,23)/p+1. The second-order valence-electron chi connectivity index (χ2n) is 6.43. The molecule has 0 saturated carbocycles. The minimum Gasteiger partial charge on any atom is -0.347 e. The molecule has 0 aliphatic carbocycles. The molecule has 5 nitrogen and oxygen atoms in total. The average molecular weight is 361 g/mol. The third kappa shape index (κ3) is 7.68. The summed E-state index contributed by atoms with van der Waals surface area (Å²) in [5, 5.41) is 6.54. The van der Waals surface area contributed by atoms with Crippen LogP contribution in [0.25, 0.3) is 0 Å². The van der Waals surface area contributed by atoms with Gasteiger partial charge in [-0.05, 0) is 45.9 Å². The summed E-state index contributed by atoms with van der Waals surface area (Å²) >= 11 is 11.9. The smallest absolute Gasteiger partial charge is 0.279 e. The van der Waals surface area contributed by atoms with E-state index in [9.17, 15) is 9.59 Å². The molecular weight excluding hydrogens is 337 g/mol. The average Bonchev–Trinajstić information content (AvgIpc) is 2.40. The zero-order chi connectivity index (χ0) is 17.6. The maximum absolute atomic E-state index is 12.1. The Morgan fingerprint density at radius 2 is 1.74 bits per heavy atom. The Bertz CT molecular complexity index is 571. The van der Waals surface area contributed by atoms with E-state index in [4.69, 9.17) is 23.2 Å². The van der Waals surface area contributed by atoms with Gasteiger partial charge in [-0.25, -0.2) is 0 Å². The van der Waals surface area contributed by atoms with Gasteiger partial charge in [-0.15, -0.1) is 0 Å². The van der Waals surface area contributed by atoms with E-state index in [1.54, 1.807) is 18.2 Å². The fourth-order valence-corrected chi connectivity index (χ4v) is 2.35. The number of anilines is 1. The Balaban J connectivity index is 2.59. The normalized spacial score (nSPS) is 12.6. The molecule has 0 fully saturated rings. The van der Waals surface area contributed by atoms with Gasteiger partial charge in [-0.1, -0.05) is 23.2 Å². The van der Waals surface area contributed by atoms with Gasteiger partial charge in [-0.2, -0.15) is 0 Å². The zero-order valence-corrected chi connectivity index (χ0v) is 15.4. The van der Waals surface area contributed by atoms with Crippen LogP contribution in [0.5, 0.6) is 0 Å². The van der Waals surface area contributed by atoms with E-state index < -0.39 is 0 Å². The molecule has 1 unspecified atom stereocenters. The predicted molar refractivity (Wildman–Crippen MR) is 94.2 cm³/mol.